The zero-order valence-corrected chi connectivity index (χ0v) is 13.3. The number of hydrogen-bond donors (Lipinski definition) is 2. The summed E-state index contributed by atoms with van der Waals surface area (Å²) in [5.74, 6) is -0.250. The van der Waals surface area contributed by atoms with Crippen molar-refractivity contribution in [1.82, 2.24) is 0 Å². The molecule has 1 amide bonds. The van der Waals surface area contributed by atoms with Crippen LogP contribution in [0.2, 0.25) is 0 Å². The SMILES string of the molecule is COc1ccc(C=CC(=O)c2ccc(O)c(C(N)=O)c2)cc1OC. The van der Waals surface area contributed by atoms with E-state index in [-0.39, 0.29) is 22.7 Å². The van der Waals surface area contributed by atoms with Gasteiger partial charge in [-0.1, -0.05) is 12.1 Å². The van der Waals surface area contributed by atoms with Crippen molar-refractivity contribution >= 4 is 17.8 Å². The van der Waals surface area contributed by atoms with E-state index in [0.717, 1.165) is 5.56 Å². The Balaban J connectivity index is 2.25. The molecule has 0 radical (unpaired) electrons. The Bertz CT molecular complexity index is 811. The van der Waals surface area contributed by atoms with Gasteiger partial charge in [-0.3, -0.25) is 9.59 Å². The number of carbonyl (C=O) groups excluding carboxylic acids is 2. The van der Waals surface area contributed by atoms with Gasteiger partial charge in [-0.25, -0.2) is 0 Å². The van der Waals surface area contributed by atoms with Crippen LogP contribution in [0.15, 0.2) is 42.5 Å². The van der Waals surface area contributed by atoms with Gasteiger partial charge in [0.1, 0.15) is 5.75 Å². The predicted octanol–water partition coefficient (Wildman–Crippen LogP) is 2.40. The Morgan fingerprint density at radius 2 is 1.75 bits per heavy atom. The molecule has 2 aromatic rings. The molecule has 0 bridgehead atoms. The van der Waals surface area contributed by atoms with E-state index in [1.54, 1.807) is 24.3 Å². The number of primary amides is 1. The fourth-order valence-electron chi connectivity index (χ4n) is 2.11. The highest BCUT2D eigenvalue weighted by molar-refractivity contribution is 6.08. The molecule has 0 atom stereocenters. The number of phenols is 1. The second-order valence-electron chi connectivity index (χ2n) is 4.91. The fourth-order valence-corrected chi connectivity index (χ4v) is 2.11. The third-order valence-electron chi connectivity index (χ3n) is 3.38. The number of amides is 1. The summed E-state index contributed by atoms with van der Waals surface area (Å²) in [5.41, 5.74) is 6.05. The second kappa shape index (κ2) is 7.32. The molecule has 0 aromatic heterocycles. The van der Waals surface area contributed by atoms with Crippen LogP contribution in [0.1, 0.15) is 26.3 Å². The van der Waals surface area contributed by atoms with Gasteiger partial charge in [0.15, 0.2) is 17.3 Å². The van der Waals surface area contributed by atoms with Crippen LogP contribution in [0.3, 0.4) is 0 Å². The van der Waals surface area contributed by atoms with E-state index in [9.17, 15) is 14.7 Å². The van der Waals surface area contributed by atoms with Gasteiger partial charge in [0.05, 0.1) is 19.8 Å². The molecule has 0 spiro atoms. The van der Waals surface area contributed by atoms with E-state index in [1.807, 2.05) is 0 Å². The van der Waals surface area contributed by atoms with Gasteiger partial charge in [0, 0.05) is 5.56 Å². The third kappa shape index (κ3) is 3.73. The van der Waals surface area contributed by atoms with Crippen molar-refractivity contribution in [3.05, 3.63) is 59.2 Å². The maximum absolute atomic E-state index is 12.2. The minimum Gasteiger partial charge on any atom is -0.507 e. The van der Waals surface area contributed by atoms with Gasteiger partial charge in [-0.05, 0) is 42.0 Å². The number of carbonyl (C=O) groups is 2. The van der Waals surface area contributed by atoms with Crippen LogP contribution in [0.25, 0.3) is 6.08 Å². The van der Waals surface area contributed by atoms with Crippen LogP contribution in [0, 0.1) is 0 Å². The molecule has 0 aliphatic carbocycles. The van der Waals surface area contributed by atoms with E-state index in [4.69, 9.17) is 15.2 Å². The molecule has 124 valence electrons. The number of aromatic hydroxyl groups is 1. The summed E-state index contributed by atoms with van der Waals surface area (Å²) < 4.78 is 10.4. The van der Waals surface area contributed by atoms with Gasteiger partial charge >= 0.3 is 0 Å². The summed E-state index contributed by atoms with van der Waals surface area (Å²) in [6.07, 6.45) is 2.97. The Labute approximate surface area is 139 Å². The molecule has 0 aliphatic heterocycles. The van der Waals surface area contributed by atoms with E-state index in [2.05, 4.69) is 0 Å². The Kier molecular flexibility index (Phi) is 5.21. The van der Waals surface area contributed by atoms with Gasteiger partial charge in [-0.2, -0.15) is 0 Å². The van der Waals surface area contributed by atoms with Crippen molar-refractivity contribution in [2.24, 2.45) is 5.73 Å². The summed E-state index contributed by atoms with van der Waals surface area (Å²) >= 11 is 0. The quantitative estimate of drug-likeness (QED) is 0.627. The number of nitrogens with two attached hydrogens (primary N) is 1. The Morgan fingerprint density at radius 3 is 2.38 bits per heavy atom. The smallest absolute Gasteiger partial charge is 0.252 e. The zero-order chi connectivity index (χ0) is 17.7. The molecule has 0 saturated heterocycles. The molecule has 0 unspecified atom stereocenters. The summed E-state index contributed by atoms with van der Waals surface area (Å²) in [4.78, 5) is 23.4. The largest absolute Gasteiger partial charge is 0.507 e. The number of benzene rings is 2. The first-order valence-corrected chi connectivity index (χ1v) is 7.03. The predicted molar refractivity (Wildman–Crippen MR) is 89.5 cm³/mol. The number of methoxy groups -OCH3 is 2. The summed E-state index contributed by atoms with van der Waals surface area (Å²) in [6.45, 7) is 0. The summed E-state index contributed by atoms with van der Waals surface area (Å²) in [6, 6.07) is 9.18. The number of ketones is 1. The van der Waals surface area contributed by atoms with E-state index in [1.165, 1.54) is 38.5 Å². The first kappa shape index (κ1) is 17.1. The van der Waals surface area contributed by atoms with E-state index in [0.29, 0.717) is 11.5 Å². The lowest BCUT2D eigenvalue weighted by Gasteiger charge is -2.07. The topological polar surface area (TPSA) is 98.9 Å². The molecule has 0 heterocycles. The van der Waals surface area contributed by atoms with Crippen LogP contribution >= 0.6 is 0 Å². The maximum Gasteiger partial charge on any atom is 0.252 e. The molecule has 0 saturated carbocycles. The molecule has 6 heteroatoms. The second-order valence-corrected chi connectivity index (χ2v) is 4.91. The summed E-state index contributed by atoms with van der Waals surface area (Å²) in [5, 5.41) is 9.55. The lowest BCUT2D eigenvalue weighted by molar-refractivity contribution is 0.0997. The molecule has 0 fully saturated rings. The number of allylic oxidation sites excluding steroid dienone is 1. The highest BCUT2D eigenvalue weighted by Crippen LogP contribution is 2.28. The lowest BCUT2D eigenvalue weighted by atomic mass is 10.0. The number of ether oxygens (including phenoxy) is 2. The maximum atomic E-state index is 12.2. The highest BCUT2D eigenvalue weighted by atomic mass is 16.5. The van der Waals surface area contributed by atoms with Crippen molar-refractivity contribution in [1.29, 1.82) is 0 Å². The molecular formula is C18H17NO5. The molecule has 24 heavy (non-hydrogen) atoms. The van der Waals surface area contributed by atoms with Crippen LogP contribution in [0.5, 0.6) is 17.2 Å². The fraction of sp³-hybridized carbons (Fsp3) is 0.111. The number of rotatable bonds is 6. The van der Waals surface area contributed by atoms with Gasteiger partial charge in [0.2, 0.25) is 0 Å². The third-order valence-corrected chi connectivity index (χ3v) is 3.38. The van der Waals surface area contributed by atoms with Crippen molar-refractivity contribution < 1.29 is 24.2 Å². The van der Waals surface area contributed by atoms with Crippen LogP contribution in [-0.4, -0.2) is 31.0 Å². The minimum atomic E-state index is -0.800. The molecule has 2 rings (SSSR count). The minimum absolute atomic E-state index is 0.0969. The molecule has 6 nitrogen and oxygen atoms in total. The van der Waals surface area contributed by atoms with Gasteiger partial charge in [-0.15, -0.1) is 0 Å². The monoisotopic (exact) mass is 327 g/mol. The zero-order valence-electron chi connectivity index (χ0n) is 13.3. The summed E-state index contributed by atoms with van der Waals surface area (Å²) in [7, 11) is 3.07. The van der Waals surface area contributed by atoms with Crippen LogP contribution in [-0.2, 0) is 0 Å². The van der Waals surface area contributed by atoms with E-state index < -0.39 is 5.91 Å². The van der Waals surface area contributed by atoms with Crippen molar-refractivity contribution in [3.63, 3.8) is 0 Å². The molecule has 3 N–H and O–H groups in total. The highest BCUT2D eigenvalue weighted by Gasteiger charge is 2.11. The van der Waals surface area contributed by atoms with Crippen LogP contribution < -0.4 is 15.2 Å². The van der Waals surface area contributed by atoms with Crippen molar-refractivity contribution in [2.75, 3.05) is 14.2 Å². The average Bonchev–Trinajstić information content (AvgIpc) is 2.59. The Hall–Kier alpha value is -3.28. The molecule has 0 aliphatic rings. The van der Waals surface area contributed by atoms with Gasteiger partial charge in [0.25, 0.3) is 5.91 Å². The Morgan fingerprint density at radius 1 is 1.04 bits per heavy atom. The van der Waals surface area contributed by atoms with Crippen molar-refractivity contribution in [2.45, 2.75) is 0 Å². The standard InChI is InChI=1S/C18H17NO5/c1-23-16-8-4-11(9-17(16)24-2)3-6-14(20)12-5-7-15(21)13(10-12)18(19)22/h3-10,21H,1-2H3,(H2,19,22). The van der Waals surface area contributed by atoms with Crippen molar-refractivity contribution in [3.8, 4) is 17.2 Å². The normalized spacial score (nSPS) is 10.6. The first-order valence-electron chi connectivity index (χ1n) is 7.03. The van der Waals surface area contributed by atoms with Crippen LogP contribution in [0.4, 0.5) is 0 Å². The first-order chi connectivity index (χ1) is 11.5. The lowest BCUT2D eigenvalue weighted by Crippen LogP contribution is -2.12. The number of hydrogen-bond acceptors (Lipinski definition) is 5. The van der Waals surface area contributed by atoms with Gasteiger partial charge < -0.3 is 20.3 Å². The molecule has 2 aromatic carbocycles. The average molecular weight is 327 g/mol. The molecular weight excluding hydrogens is 310 g/mol. The van der Waals surface area contributed by atoms with E-state index >= 15 is 0 Å².